The van der Waals surface area contributed by atoms with Crippen molar-refractivity contribution in [2.24, 2.45) is 0 Å². The Balaban J connectivity index is 1.26. The van der Waals surface area contributed by atoms with E-state index in [-0.39, 0.29) is 11.8 Å². The van der Waals surface area contributed by atoms with Crippen LogP contribution < -0.4 is 10.2 Å². The van der Waals surface area contributed by atoms with E-state index in [9.17, 15) is 9.59 Å². The number of hydrogen-bond donors (Lipinski definition) is 2. The molecule has 0 saturated carbocycles. The fraction of sp³-hybridized carbons (Fsp3) is 0.138. The highest BCUT2D eigenvalue weighted by Crippen LogP contribution is 2.31. The van der Waals surface area contributed by atoms with Crippen LogP contribution in [0.1, 0.15) is 28.9 Å². The van der Waals surface area contributed by atoms with E-state index >= 15 is 0 Å². The molecule has 1 saturated heterocycles. The summed E-state index contributed by atoms with van der Waals surface area (Å²) < 4.78 is 0. The predicted octanol–water partition coefficient (Wildman–Crippen LogP) is 4.74. The van der Waals surface area contributed by atoms with Gasteiger partial charge in [0.15, 0.2) is 0 Å². The first-order valence-electron chi connectivity index (χ1n) is 12.2. The first kappa shape index (κ1) is 22.6. The van der Waals surface area contributed by atoms with E-state index in [1.54, 1.807) is 18.6 Å². The molecular weight excluding hydrogens is 464 g/mol. The number of H-pyrrole nitrogens is 1. The summed E-state index contributed by atoms with van der Waals surface area (Å²) in [6, 6.07) is 17.6. The smallest absolute Gasteiger partial charge is 0.268 e. The number of pyridine rings is 3. The van der Waals surface area contributed by atoms with Gasteiger partial charge in [-0.1, -0.05) is 18.2 Å². The first-order chi connectivity index (χ1) is 18.2. The number of anilines is 1. The third kappa shape index (κ3) is 4.56. The molecule has 6 rings (SSSR count). The van der Waals surface area contributed by atoms with Crippen LogP contribution in [0.4, 0.5) is 5.69 Å². The molecule has 5 heterocycles. The first-order valence-corrected chi connectivity index (χ1v) is 12.2. The number of nitrogens with one attached hydrogen (secondary N) is 2. The van der Waals surface area contributed by atoms with Crippen LogP contribution in [-0.4, -0.2) is 38.3 Å². The molecule has 1 aliphatic heterocycles. The molecule has 5 aromatic rings. The molecule has 0 aliphatic carbocycles. The quantitative estimate of drug-likeness (QED) is 0.359. The molecule has 4 aromatic heterocycles. The van der Waals surface area contributed by atoms with Gasteiger partial charge >= 0.3 is 0 Å². The highest BCUT2D eigenvalue weighted by Gasteiger charge is 2.21. The van der Waals surface area contributed by atoms with Crippen LogP contribution in [0.25, 0.3) is 33.3 Å². The average Bonchev–Trinajstić information content (AvgIpc) is 3.59. The summed E-state index contributed by atoms with van der Waals surface area (Å²) in [6.07, 6.45) is 10.3. The molecule has 0 unspecified atom stereocenters. The zero-order valence-corrected chi connectivity index (χ0v) is 20.0. The van der Waals surface area contributed by atoms with Gasteiger partial charge in [0.1, 0.15) is 11.3 Å². The molecule has 2 amide bonds. The molecule has 182 valence electrons. The summed E-state index contributed by atoms with van der Waals surface area (Å²) >= 11 is 0. The second-order valence-corrected chi connectivity index (χ2v) is 9.01. The Kier molecular flexibility index (Phi) is 5.90. The molecule has 0 spiro atoms. The van der Waals surface area contributed by atoms with Crippen LogP contribution in [0.15, 0.2) is 85.6 Å². The Bertz CT molecular complexity index is 1590. The lowest BCUT2D eigenvalue weighted by atomic mass is 10.0. The van der Waals surface area contributed by atoms with Crippen molar-refractivity contribution in [1.82, 2.24) is 25.3 Å². The normalized spacial score (nSPS) is 13.3. The highest BCUT2D eigenvalue weighted by atomic mass is 16.2. The lowest BCUT2D eigenvalue weighted by molar-refractivity contribution is -0.117. The Morgan fingerprint density at radius 2 is 1.81 bits per heavy atom. The topological polar surface area (TPSA) is 104 Å². The number of carbonyl (C=O) groups excluding carboxylic acids is 2. The summed E-state index contributed by atoms with van der Waals surface area (Å²) in [6.45, 7) is 1.16. The SMILES string of the molecule is O=C(NCc1cccnc1)c1cc2c(-c3cncc(-c4ccc(N5CCCC5=O)cc4)c3)ccnc2[nH]1. The number of benzene rings is 1. The fourth-order valence-electron chi connectivity index (χ4n) is 4.68. The van der Waals surface area contributed by atoms with Gasteiger partial charge in [0.25, 0.3) is 5.91 Å². The summed E-state index contributed by atoms with van der Waals surface area (Å²) in [5, 5.41) is 3.76. The van der Waals surface area contributed by atoms with Crippen molar-refractivity contribution in [2.75, 3.05) is 11.4 Å². The van der Waals surface area contributed by atoms with Gasteiger partial charge in [-0.25, -0.2) is 4.98 Å². The van der Waals surface area contributed by atoms with Gasteiger partial charge < -0.3 is 15.2 Å². The fourth-order valence-corrected chi connectivity index (χ4v) is 4.68. The monoisotopic (exact) mass is 488 g/mol. The Hall–Kier alpha value is -4.85. The number of rotatable bonds is 6. The summed E-state index contributed by atoms with van der Waals surface area (Å²) in [4.78, 5) is 42.8. The van der Waals surface area contributed by atoms with E-state index in [0.717, 1.165) is 51.9 Å². The van der Waals surface area contributed by atoms with E-state index in [4.69, 9.17) is 0 Å². The maximum absolute atomic E-state index is 12.8. The number of aromatic amines is 1. The number of carbonyl (C=O) groups is 2. The molecule has 2 N–H and O–H groups in total. The van der Waals surface area contributed by atoms with E-state index in [2.05, 4.69) is 31.3 Å². The van der Waals surface area contributed by atoms with E-state index < -0.39 is 0 Å². The molecule has 1 aromatic carbocycles. The maximum Gasteiger partial charge on any atom is 0.268 e. The van der Waals surface area contributed by atoms with Crippen LogP contribution in [0.5, 0.6) is 0 Å². The van der Waals surface area contributed by atoms with E-state index in [1.807, 2.05) is 65.8 Å². The van der Waals surface area contributed by atoms with Crippen LogP contribution in [0.2, 0.25) is 0 Å². The minimum atomic E-state index is -0.212. The van der Waals surface area contributed by atoms with Gasteiger partial charge in [0.05, 0.1) is 0 Å². The minimum Gasteiger partial charge on any atom is -0.347 e. The Labute approximate surface area is 213 Å². The highest BCUT2D eigenvalue weighted by molar-refractivity contribution is 6.02. The number of fused-ring (bicyclic) bond motifs is 1. The Morgan fingerprint density at radius 1 is 0.946 bits per heavy atom. The molecule has 1 fully saturated rings. The van der Waals surface area contributed by atoms with Crippen molar-refractivity contribution in [3.8, 4) is 22.3 Å². The molecule has 8 nitrogen and oxygen atoms in total. The predicted molar refractivity (Wildman–Crippen MR) is 142 cm³/mol. The second-order valence-electron chi connectivity index (χ2n) is 9.01. The number of amides is 2. The second kappa shape index (κ2) is 9.66. The van der Waals surface area contributed by atoms with E-state index in [0.29, 0.717) is 24.3 Å². The lowest BCUT2D eigenvalue weighted by Gasteiger charge is -2.16. The molecular formula is C29H24N6O2. The van der Waals surface area contributed by atoms with Gasteiger partial charge in [-0.3, -0.25) is 19.6 Å². The third-order valence-electron chi connectivity index (χ3n) is 6.59. The molecule has 0 atom stereocenters. The van der Waals surface area contributed by atoms with Crippen LogP contribution >= 0.6 is 0 Å². The van der Waals surface area contributed by atoms with E-state index in [1.165, 1.54) is 0 Å². The van der Waals surface area contributed by atoms with Crippen molar-refractivity contribution in [1.29, 1.82) is 0 Å². The third-order valence-corrected chi connectivity index (χ3v) is 6.59. The molecule has 1 aliphatic rings. The summed E-state index contributed by atoms with van der Waals surface area (Å²) in [5.41, 5.74) is 6.75. The van der Waals surface area contributed by atoms with Gasteiger partial charge in [0.2, 0.25) is 5.91 Å². The zero-order chi connectivity index (χ0) is 25.2. The van der Waals surface area contributed by atoms with Gasteiger partial charge in [0, 0.05) is 72.7 Å². The maximum atomic E-state index is 12.8. The Morgan fingerprint density at radius 3 is 2.59 bits per heavy atom. The minimum absolute atomic E-state index is 0.176. The molecule has 37 heavy (non-hydrogen) atoms. The number of nitrogens with zero attached hydrogens (tertiary/aromatic N) is 4. The van der Waals surface area contributed by atoms with Crippen molar-refractivity contribution in [3.63, 3.8) is 0 Å². The number of hydrogen-bond acceptors (Lipinski definition) is 5. The standard InChI is InChI=1S/C29H24N6O2/c36-27-4-2-12-35(27)23-7-5-20(6-8-23)21-13-22(18-31-17-21)24-9-11-32-28-25(24)14-26(34-28)29(37)33-16-19-3-1-10-30-15-19/h1,3,5-11,13-15,17-18H,2,4,12,16H2,(H,32,34)(H,33,37). The molecule has 0 bridgehead atoms. The van der Waals surface area contributed by atoms with Crippen molar-refractivity contribution < 1.29 is 9.59 Å². The van der Waals surface area contributed by atoms with Crippen LogP contribution in [0, 0.1) is 0 Å². The zero-order valence-electron chi connectivity index (χ0n) is 20.0. The van der Waals surface area contributed by atoms with Crippen LogP contribution in [0.3, 0.4) is 0 Å². The summed E-state index contributed by atoms with van der Waals surface area (Å²) in [7, 11) is 0. The van der Waals surface area contributed by atoms with Gasteiger partial charge in [-0.05, 0) is 59.5 Å². The average molecular weight is 489 g/mol. The van der Waals surface area contributed by atoms with Gasteiger partial charge in [-0.2, -0.15) is 0 Å². The molecule has 8 heteroatoms. The van der Waals surface area contributed by atoms with Gasteiger partial charge in [-0.15, -0.1) is 0 Å². The largest absolute Gasteiger partial charge is 0.347 e. The van der Waals surface area contributed by atoms with Crippen molar-refractivity contribution in [2.45, 2.75) is 19.4 Å². The number of aromatic nitrogens is 4. The van der Waals surface area contributed by atoms with Crippen LogP contribution in [-0.2, 0) is 11.3 Å². The van der Waals surface area contributed by atoms with Crippen molar-refractivity contribution >= 4 is 28.5 Å². The van der Waals surface area contributed by atoms with Crippen molar-refractivity contribution in [3.05, 3.63) is 96.8 Å². The molecule has 0 radical (unpaired) electrons. The summed E-state index contributed by atoms with van der Waals surface area (Å²) in [5.74, 6) is -0.0361. The lowest BCUT2D eigenvalue weighted by Crippen LogP contribution is -2.23.